The van der Waals surface area contributed by atoms with Gasteiger partial charge in [-0.1, -0.05) is 34.6 Å². The second kappa shape index (κ2) is 6.15. The van der Waals surface area contributed by atoms with Crippen LogP contribution in [0.25, 0.3) is 5.57 Å². The Labute approximate surface area is 121 Å². The van der Waals surface area contributed by atoms with Crippen LogP contribution < -0.4 is 0 Å². The lowest BCUT2D eigenvalue weighted by Gasteiger charge is -2.27. The Bertz CT molecular complexity index is 505. The Balaban J connectivity index is 3.19. The van der Waals surface area contributed by atoms with Crippen LogP contribution in [0.4, 0.5) is 0 Å². The predicted octanol–water partition coefficient (Wildman–Crippen LogP) is 3.62. The monoisotopic (exact) mass is 324 g/mol. The zero-order valence-electron chi connectivity index (χ0n) is 11.3. The summed E-state index contributed by atoms with van der Waals surface area (Å²) in [5.41, 5.74) is -0.149. The van der Waals surface area contributed by atoms with Gasteiger partial charge in [0.25, 0.3) is 0 Å². The van der Waals surface area contributed by atoms with E-state index >= 15 is 0 Å². The van der Waals surface area contributed by atoms with Crippen LogP contribution in [0, 0.1) is 5.41 Å². The van der Waals surface area contributed by atoms with Gasteiger partial charge in [-0.2, -0.15) is 0 Å². The molecule has 1 atom stereocenters. The van der Waals surface area contributed by atoms with Crippen molar-refractivity contribution in [1.29, 1.82) is 0 Å². The van der Waals surface area contributed by atoms with Crippen LogP contribution in [-0.2, 0) is 14.3 Å². The maximum absolute atomic E-state index is 12.1. The van der Waals surface area contributed by atoms with E-state index in [1.807, 2.05) is 24.3 Å². The normalized spacial score (nSPS) is 13.5. The molecule has 0 saturated carbocycles. The minimum atomic E-state index is -1.34. The topological polar surface area (TPSA) is 43.4 Å². The molecule has 1 unspecified atom stereocenters. The van der Waals surface area contributed by atoms with Crippen LogP contribution in [0.2, 0.25) is 0 Å². The molecule has 0 N–H and O–H groups in total. The van der Waals surface area contributed by atoms with E-state index in [0.29, 0.717) is 5.57 Å². The van der Waals surface area contributed by atoms with Gasteiger partial charge in [-0.15, -0.1) is 0 Å². The molecular weight excluding hydrogens is 308 g/mol. The molecule has 0 fully saturated rings. The van der Waals surface area contributed by atoms with Gasteiger partial charge in [0.15, 0.2) is 5.78 Å². The van der Waals surface area contributed by atoms with Gasteiger partial charge in [0.1, 0.15) is 5.41 Å². The van der Waals surface area contributed by atoms with E-state index in [1.54, 1.807) is 13.8 Å². The molecular formula is C15H17BrO3. The lowest BCUT2D eigenvalue weighted by atomic mass is 9.76. The average molecular weight is 325 g/mol. The van der Waals surface area contributed by atoms with Crippen molar-refractivity contribution in [3.05, 3.63) is 40.9 Å². The lowest BCUT2D eigenvalue weighted by Crippen LogP contribution is -2.37. The molecule has 0 heterocycles. The molecule has 3 nitrogen and oxygen atoms in total. The van der Waals surface area contributed by atoms with Gasteiger partial charge in [-0.05, 0) is 44.0 Å². The Morgan fingerprint density at radius 2 is 1.84 bits per heavy atom. The van der Waals surface area contributed by atoms with Gasteiger partial charge in [0.05, 0.1) is 6.61 Å². The van der Waals surface area contributed by atoms with E-state index in [9.17, 15) is 9.59 Å². The minimum absolute atomic E-state index is 0.231. The number of benzene rings is 1. The van der Waals surface area contributed by atoms with Crippen molar-refractivity contribution < 1.29 is 14.3 Å². The third kappa shape index (κ3) is 3.13. The summed E-state index contributed by atoms with van der Waals surface area (Å²) in [7, 11) is 0. The summed E-state index contributed by atoms with van der Waals surface area (Å²) in [5, 5.41) is 0. The summed E-state index contributed by atoms with van der Waals surface area (Å²) in [4.78, 5) is 24.0. The van der Waals surface area contributed by atoms with Crippen LogP contribution in [0.5, 0.6) is 0 Å². The number of ketones is 1. The second-order valence-electron chi connectivity index (χ2n) is 4.39. The SMILES string of the molecule is C=C(c1ccc(Br)cc1)C(C)(C(C)=O)C(=O)OCC. The highest BCUT2D eigenvalue weighted by molar-refractivity contribution is 9.10. The Morgan fingerprint density at radius 1 is 1.32 bits per heavy atom. The van der Waals surface area contributed by atoms with Crippen molar-refractivity contribution in [2.24, 2.45) is 5.41 Å². The van der Waals surface area contributed by atoms with Gasteiger partial charge in [0, 0.05) is 4.47 Å². The van der Waals surface area contributed by atoms with Gasteiger partial charge < -0.3 is 4.74 Å². The fraction of sp³-hybridized carbons (Fsp3) is 0.333. The van der Waals surface area contributed by atoms with Crippen molar-refractivity contribution in [2.75, 3.05) is 6.61 Å². The first-order valence-corrected chi connectivity index (χ1v) is 6.77. The standard InChI is InChI=1S/C15H17BrO3/c1-5-19-14(18)15(4,11(3)17)10(2)12-6-8-13(16)9-7-12/h6-9H,2,5H2,1,3-4H3. The summed E-state index contributed by atoms with van der Waals surface area (Å²) in [6.07, 6.45) is 0. The van der Waals surface area contributed by atoms with Crippen LogP contribution >= 0.6 is 15.9 Å². The summed E-state index contributed by atoms with van der Waals surface area (Å²) in [5.74, 6) is -0.839. The van der Waals surface area contributed by atoms with Gasteiger partial charge in [-0.3, -0.25) is 9.59 Å². The first-order chi connectivity index (χ1) is 8.83. The number of hydrogen-bond acceptors (Lipinski definition) is 3. The van der Waals surface area contributed by atoms with E-state index in [1.165, 1.54) is 6.92 Å². The summed E-state index contributed by atoms with van der Waals surface area (Å²) < 4.78 is 5.93. The van der Waals surface area contributed by atoms with E-state index in [4.69, 9.17) is 4.74 Å². The van der Waals surface area contributed by atoms with Crippen molar-refractivity contribution in [1.82, 2.24) is 0 Å². The van der Waals surface area contributed by atoms with Crippen LogP contribution in [0.15, 0.2) is 35.3 Å². The molecule has 0 amide bonds. The molecule has 0 radical (unpaired) electrons. The molecule has 19 heavy (non-hydrogen) atoms. The highest BCUT2D eigenvalue weighted by Crippen LogP contribution is 2.36. The number of halogens is 1. The Kier molecular flexibility index (Phi) is 5.06. The number of Topliss-reactive ketones (excluding diaryl/α,β-unsaturated/α-hetero) is 1. The van der Waals surface area contributed by atoms with Gasteiger partial charge in [-0.25, -0.2) is 0 Å². The second-order valence-corrected chi connectivity index (χ2v) is 5.30. The molecule has 0 aliphatic rings. The molecule has 0 aromatic heterocycles. The molecule has 0 spiro atoms. The summed E-state index contributed by atoms with van der Waals surface area (Å²) >= 11 is 3.34. The van der Waals surface area contributed by atoms with Gasteiger partial charge >= 0.3 is 5.97 Å². The number of carbonyl (C=O) groups excluding carboxylic acids is 2. The number of ether oxygens (including phenoxy) is 1. The first kappa shape index (κ1) is 15.6. The van der Waals surface area contributed by atoms with Crippen molar-refractivity contribution in [2.45, 2.75) is 20.8 Å². The van der Waals surface area contributed by atoms with Crippen LogP contribution in [-0.4, -0.2) is 18.4 Å². The van der Waals surface area contributed by atoms with E-state index < -0.39 is 11.4 Å². The van der Waals surface area contributed by atoms with E-state index in [0.717, 1.165) is 10.0 Å². The number of hydrogen-bond donors (Lipinski definition) is 0. The third-order valence-corrected chi connectivity index (χ3v) is 3.71. The quantitative estimate of drug-likeness (QED) is 0.613. The fourth-order valence-electron chi connectivity index (χ4n) is 1.69. The number of esters is 1. The van der Waals surface area contributed by atoms with Crippen molar-refractivity contribution in [3.8, 4) is 0 Å². The molecule has 0 aliphatic heterocycles. The Hall–Kier alpha value is -1.42. The third-order valence-electron chi connectivity index (χ3n) is 3.18. The lowest BCUT2D eigenvalue weighted by molar-refractivity contribution is -0.154. The maximum atomic E-state index is 12.1. The van der Waals surface area contributed by atoms with Crippen LogP contribution in [0.1, 0.15) is 26.3 Å². The van der Waals surface area contributed by atoms with Crippen molar-refractivity contribution in [3.63, 3.8) is 0 Å². The zero-order chi connectivity index (χ0) is 14.6. The molecule has 1 aromatic rings. The number of rotatable bonds is 5. The average Bonchev–Trinajstić information content (AvgIpc) is 2.37. The fourth-order valence-corrected chi connectivity index (χ4v) is 1.96. The van der Waals surface area contributed by atoms with Crippen LogP contribution in [0.3, 0.4) is 0 Å². The molecule has 4 heteroatoms. The number of carbonyl (C=O) groups is 2. The molecule has 102 valence electrons. The molecule has 1 aromatic carbocycles. The maximum Gasteiger partial charge on any atom is 0.323 e. The highest BCUT2D eigenvalue weighted by atomic mass is 79.9. The molecule has 0 aliphatic carbocycles. The first-order valence-electron chi connectivity index (χ1n) is 5.97. The smallest absolute Gasteiger partial charge is 0.323 e. The minimum Gasteiger partial charge on any atom is -0.465 e. The summed E-state index contributed by atoms with van der Waals surface area (Å²) in [6.45, 7) is 8.78. The summed E-state index contributed by atoms with van der Waals surface area (Å²) in [6, 6.07) is 7.30. The van der Waals surface area contributed by atoms with Gasteiger partial charge in [0.2, 0.25) is 0 Å². The molecule has 0 saturated heterocycles. The molecule has 1 rings (SSSR count). The largest absolute Gasteiger partial charge is 0.465 e. The zero-order valence-corrected chi connectivity index (χ0v) is 12.9. The van der Waals surface area contributed by atoms with E-state index in [2.05, 4.69) is 22.5 Å². The highest BCUT2D eigenvalue weighted by Gasteiger charge is 2.43. The van der Waals surface area contributed by atoms with Crippen molar-refractivity contribution >= 4 is 33.3 Å². The Morgan fingerprint density at radius 3 is 2.26 bits per heavy atom. The predicted molar refractivity (Wildman–Crippen MR) is 78.6 cm³/mol. The van der Waals surface area contributed by atoms with E-state index in [-0.39, 0.29) is 12.4 Å². The molecule has 0 bridgehead atoms.